The number of hydrogen-bond donors (Lipinski definition) is 0. The van der Waals surface area contributed by atoms with Gasteiger partial charge in [0.15, 0.2) is 0 Å². The van der Waals surface area contributed by atoms with Gasteiger partial charge in [-0.05, 0) is 58.4 Å². The second kappa shape index (κ2) is 5.14. The first-order valence-corrected chi connectivity index (χ1v) is 7.01. The van der Waals surface area contributed by atoms with Crippen molar-refractivity contribution in [1.82, 2.24) is 4.90 Å². The predicted octanol–water partition coefficient (Wildman–Crippen LogP) is 4.49. The van der Waals surface area contributed by atoms with Crippen molar-refractivity contribution in [2.45, 2.75) is 66.3 Å². The van der Waals surface area contributed by atoms with E-state index in [0.29, 0.717) is 11.0 Å². The highest BCUT2D eigenvalue weighted by atomic mass is 15.2. The van der Waals surface area contributed by atoms with Crippen molar-refractivity contribution >= 4 is 0 Å². The van der Waals surface area contributed by atoms with Gasteiger partial charge in [-0.1, -0.05) is 32.4 Å². The average molecular weight is 237 g/mol. The monoisotopic (exact) mass is 237 g/mol. The van der Waals surface area contributed by atoms with E-state index in [2.05, 4.69) is 59.6 Å². The molecule has 0 bridgehead atoms. The highest BCUT2D eigenvalue weighted by molar-refractivity contribution is 5.14. The number of hydrogen-bond acceptors (Lipinski definition) is 1. The Morgan fingerprint density at radius 3 is 2.12 bits per heavy atom. The molecule has 0 saturated carbocycles. The summed E-state index contributed by atoms with van der Waals surface area (Å²) < 4.78 is 0. The van der Waals surface area contributed by atoms with Crippen molar-refractivity contribution in [2.24, 2.45) is 11.3 Å². The Labute approximate surface area is 108 Å². The van der Waals surface area contributed by atoms with Gasteiger partial charge in [0.25, 0.3) is 0 Å². The Hall–Kier alpha value is -0.300. The molecule has 1 nitrogen and oxygen atoms in total. The summed E-state index contributed by atoms with van der Waals surface area (Å²) in [6.45, 7) is 15.1. The molecule has 1 heteroatoms. The van der Waals surface area contributed by atoms with Crippen molar-refractivity contribution in [3.63, 3.8) is 0 Å². The van der Waals surface area contributed by atoms with Gasteiger partial charge in [0.2, 0.25) is 0 Å². The maximum absolute atomic E-state index is 2.50. The SMILES string of the molecule is CN(CC1CC=C(C(C)(C)C)CC1)C(C)(C)C. The lowest BCUT2D eigenvalue weighted by Gasteiger charge is -2.37. The Morgan fingerprint density at radius 1 is 1.18 bits per heavy atom. The topological polar surface area (TPSA) is 3.24 Å². The molecule has 0 aromatic rings. The first-order chi connectivity index (χ1) is 7.60. The Bertz CT molecular complexity index is 275. The fourth-order valence-corrected chi connectivity index (χ4v) is 2.40. The van der Waals surface area contributed by atoms with Crippen molar-refractivity contribution < 1.29 is 0 Å². The minimum atomic E-state index is 0.300. The molecule has 1 unspecified atom stereocenters. The molecule has 100 valence electrons. The quantitative estimate of drug-likeness (QED) is 0.640. The van der Waals surface area contributed by atoms with Gasteiger partial charge in [-0.3, -0.25) is 0 Å². The van der Waals surface area contributed by atoms with Crippen molar-refractivity contribution in [3.8, 4) is 0 Å². The van der Waals surface area contributed by atoms with Gasteiger partial charge in [0, 0.05) is 12.1 Å². The molecule has 0 spiro atoms. The van der Waals surface area contributed by atoms with E-state index in [-0.39, 0.29) is 0 Å². The van der Waals surface area contributed by atoms with E-state index in [4.69, 9.17) is 0 Å². The lowest BCUT2D eigenvalue weighted by molar-refractivity contribution is 0.143. The molecule has 1 atom stereocenters. The minimum Gasteiger partial charge on any atom is -0.301 e. The predicted molar refractivity (Wildman–Crippen MR) is 77.3 cm³/mol. The second-order valence-electron chi connectivity index (χ2n) is 7.67. The molecule has 0 aliphatic heterocycles. The van der Waals surface area contributed by atoms with Gasteiger partial charge < -0.3 is 4.90 Å². The molecular weight excluding hydrogens is 206 g/mol. The molecule has 0 aromatic heterocycles. The van der Waals surface area contributed by atoms with Crippen molar-refractivity contribution in [1.29, 1.82) is 0 Å². The van der Waals surface area contributed by atoms with Crippen LogP contribution in [-0.2, 0) is 0 Å². The van der Waals surface area contributed by atoms with Crippen LogP contribution in [0.25, 0.3) is 0 Å². The van der Waals surface area contributed by atoms with E-state index in [9.17, 15) is 0 Å². The fourth-order valence-electron chi connectivity index (χ4n) is 2.40. The molecule has 1 aliphatic rings. The zero-order valence-corrected chi connectivity index (χ0v) is 12.9. The lowest BCUT2D eigenvalue weighted by Crippen LogP contribution is -2.41. The highest BCUT2D eigenvalue weighted by Gasteiger charge is 2.25. The van der Waals surface area contributed by atoms with Crippen LogP contribution in [0.2, 0.25) is 0 Å². The van der Waals surface area contributed by atoms with Crippen LogP contribution < -0.4 is 0 Å². The summed E-state index contributed by atoms with van der Waals surface area (Å²) in [6, 6.07) is 0. The maximum atomic E-state index is 2.50. The molecule has 0 heterocycles. The summed E-state index contributed by atoms with van der Waals surface area (Å²) in [7, 11) is 2.25. The summed E-state index contributed by atoms with van der Waals surface area (Å²) in [5, 5.41) is 0. The van der Waals surface area contributed by atoms with Crippen LogP contribution in [-0.4, -0.2) is 24.0 Å². The summed E-state index contributed by atoms with van der Waals surface area (Å²) in [6.07, 6.45) is 6.44. The Balaban J connectivity index is 2.51. The van der Waals surface area contributed by atoms with E-state index < -0.39 is 0 Å². The van der Waals surface area contributed by atoms with Gasteiger partial charge in [-0.15, -0.1) is 0 Å². The van der Waals surface area contributed by atoms with Gasteiger partial charge in [0.1, 0.15) is 0 Å². The molecular formula is C16H31N. The molecule has 1 rings (SSSR count). The first kappa shape index (κ1) is 14.8. The molecule has 0 radical (unpaired) electrons. The zero-order chi connectivity index (χ0) is 13.3. The van der Waals surface area contributed by atoms with Crippen LogP contribution in [0.15, 0.2) is 11.6 Å². The molecule has 0 fully saturated rings. The average Bonchev–Trinajstić information content (AvgIpc) is 2.15. The molecule has 17 heavy (non-hydrogen) atoms. The van der Waals surface area contributed by atoms with E-state index in [1.807, 2.05) is 0 Å². The van der Waals surface area contributed by atoms with Crippen LogP contribution in [0.3, 0.4) is 0 Å². The molecule has 0 aromatic carbocycles. The van der Waals surface area contributed by atoms with E-state index in [1.54, 1.807) is 5.57 Å². The van der Waals surface area contributed by atoms with Crippen LogP contribution >= 0.6 is 0 Å². The van der Waals surface area contributed by atoms with Crippen molar-refractivity contribution in [2.75, 3.05) is 13.6 Å². The number of nitrogens with zero attached hydrogens (tertiary/aromatic N) is 1. The van der Waals surface area contributed by atoms with Gasteiger partial charge in [-0.2, -0.15) is 0 Å². The van der Waals surface area contributed by atoms with Gasteiger partial charge in [-0.25, -0.2) is 0 Å². The summed E-state index contributed by atoms with van der Waals surface area (Å²) in [4.78, 5) is 2.49. The smallest absolute Gasteiger partial charge is 0.0122 e. The van der Waals surface area contributed by atoms with Crippen molar-refractivity contribution in [3.05, 3.63) is 11.6 Å². The number of rotatable bonds is 2. The Kier molecular flexibility index (Phi) is 4.46. The third-order valence-corrected chi connectivity index (χ3v) is 4.16. The summed E-state index contributed by atoms with van der Waals surface area (Å²) in [5.41, 5.74) is 2.33. The van der Waals surface area contributed by atoms with E-state index >= 15 is 0 Å². The molecule has 0 saturated heterocycles. The number of allylic oxidation sites excluding steroid dienone is 2. The molecule has 0 amide bonds. The Morgan fingerprint density at radius 2 is 1.76 bits per heavy atom. The highest BCUT2D eigenvalue weighted by Crippen LogP contribution is 2.35. The molecule has 1 aliphatic carbocycles. The van der Waals surface area contributed by atoms with Gasteiger partial charge in [0.05, 0.1) is 0 Å². The van der Waals surface area contributed by atoms with Crippen LogP contribution in [0.5, 0.6) is 0 Å². The lowest BCUT2D eigenvalue weighted by atomic mass is 9.77. The summed E-state index contributed by atoms with van der Waals surface area (Å²) >= 11 is 0. The standard InChI is InChI=1S/C16H31N/c1-15(2,3)14-10-8-13(9-11-14)12-17(7)16(4,5)6/h10,13H,8-9,11-12H2,1-7H3. The zero-order valence-electron chi connectivity index (χ0n) is 12.9. The third-order valence-electron chi connectivity index (χ3n) is 4.16. The van der Waals surface area contributed by atoms with Gasteiger partial charge >= 0.3 is 0 Å². The largest absolute Gasteiger partial charge is 0.301 e. The first-order valence-electron chi connectivity index (χ1n) is 7.01. The second-order valence-corrected chi connectivity index (χ2v) is 7.67. The van der Waals surface area contributed by atoms with Crippen LogP contribution in [0, 0.1) is 11.3 Å². The van der Waals surface area contributed by atoms with E-state index in [1.165, 1.54) is 25.8 Å². The normalized spacial score (nSPS) is 22.8. The maximum Gasteiger partial charge on any atom is 0.0122 e. The molecule has 0 N–H and O–H groups in total. The summed E-state index contributed by atoms with van der Waals surface area (Å²) in [5.74, 6) is 0.852. The fraction of sp³-hybridized carbons (Fsp3) is 0.875. The third kappa shape index (κ3) is 4.46. The van der Waals surface area contributed by atoms with Crippen LogP contribution in [0.1, 0.15) is 60.8 Å². The van der Waals surface area contributed by atoms with Crippen LogP contribution in [0.4, 0.5) is 0 Å². The van der Waals surface area contributed by atoms with E-state index in [0.717, 1.165) is 5.92 Å². The minimum absolute atomic E-state index is 0.300.